The summed E-state index contributed by atoms with van der Waals surface area (Å²) >= 11 is 0. The van der Waals surface area contributed by atoms with E-state index in [2.05, 4.69) is 0 Å². The minimum atomic E-state index is -0.550. The maximum absolute atomic E-state index is 9.48. The Kier molecular flexibility index (Phi) is 3.31. The Morgan fingerprint density at radius 2 is 1.76 bits per heavy atom. The van der Waals surface area contributed by atoms with E-state index in [9.17, 15) is 5.11 Å². The van der Waals surface area contributed by atoms with Gasteiger partial charge in [0, 0.05) is 0 Å². The zero-order valence-electron chi connectivity index (χ0n) is 10.1. The summed E-state index contributed by atoms with van der Waals surface area (Å²) in [4.78, 5) is 0. The van der Waals surface area contributed by atoms with E-state index >= 15 is 0 Å². The summed E-state index contributed by atoms with van der Waals surface area (Å²) in [5.74, 6) is 0.838. The quantitative estimate of drug-likeness (QED) is 0.851. The molecule has 2 rings (SSSR count). The van der Waals surface area contributed by atoms with Crippen LogP contribution in [0.25, 0.3) is 10.8 Å². The van der Waals surface area contributed by atoms with Crippen molar-refractivity contribution in [3.8, 4) is 5.75 Å². The molecular weight excluding hydrogens is 214 g/mol. The second kappa shape index (κ2) is 4.73. The van der Waals surface area contributed by atoms with Crippen LogP contribution < -0.4 is 10.5 Å². The third-order valence-corrected chi connectivity index (χ3v) is 2.98. The van der Waals surface area contributed by atoms with Crippen LogP contribution in [-0.2, 0) is 0 Å². The van der Waals surface area contributed by atoms with Crippen molar-refractivity contribution in [1.29, 1.82) is 0 Å². The van der Waals surface area contributed by atoms with Crippen LogP contribution in [0.15, 0.2) is 36.4 Å². The molecule has 2 aromatic rings. The lowest BCUT2D eigenvalue weighted by atomic mass is 9.99. The average Bonchev–Trinajstić information content (AvgIpc) is 2.36. The zero-order chi connectivity index (χ0) is 12.4. The molecule has 3 N–H and O–H groups in total. The standard InChI is InChI=1S/C14H17NO2/c1-9(16)14(15)12-4-3-11-8-13(17-2)6-5-10(11)7-12/h3-9,14,16H,15H2,1-2H3/t9-,14-/m0/s1. The van der Waals surface area contributed by atoms with Gasteiger partial charge < -0.3 is 15.6 Å². The predicted octanol–water partition coefficient (Wildman–Crippen LogP) is 2.23. The molecule has 0 radical (unpaired) electrons. The van der Waals surface area contributed by atoms with Gasteiger partial charge in [-0.1, -0.05) is 18.2 Å². The molecule has 0 fully saturated rings. The van der Waals surface area contributed by atoms with Crippen molar-refractivity contribution < 1.29 is 9.84 Å². The molecule has 0 unspecified atom stereocenters. The van der Waals surface area contributed by atoms with Crippen molar-refractivity contribution in [1.82, 2.24) is 0 Å². The minimum Gasteiger partial charge on any atom is -0.497 e. The van der Waals surface area contributed by atoms with Crippen LogP contribution in [0.2, 0.25) is 0 Å². The van der Waals surface area contributed by atoms with E-state index in [0.29, 0.717) is 0 Å². The predicted molar refractivity (Wildman–Crippen MR) is 69.1 cm³/mol. The lowest BCUT2D eigenvalue weighted by molar-refractivity contribution is 0.164. The smallest absolute Gasteiger partial charge is 0.119 e. The van der Waals surface area contributed by atoms with Crippen molar-refractivity contribution in [3.63, 3.8) is 0 Å². The van der Waals surface area contributed by atoms with Crippen LogP contribution in [0.4, 0.5) is 0 Å². The number of methoxy groups -OCH3 is 1. The summed E-state index contributed by atoms with van der Waals surface area (Å²) in [5.41, 5.74) is 6.85. The first kappa shape index (κ1) is 11.9. The first-order chi connectivity index (χ1) is 8.11. The highest BCUT2D eigenvalue weighted by atomic mass is 16.5. The van der Waals surface area contributed by atoms with Gasteiger partial charge in [0.25, 0.3) is 0 Å². The monoisotopic (exact) mass is 231 g/mol. The number of aliphatic hydroxyl groups is 1. The Hall–Kier alpha value is -1.58. The number of rotatable bonds is 3. The molecule has 0 aromatic heterocycles. The van der Waals surface area contributed by atoms with E-state index in [4.69, 9.17) is 10.5 Å². The van der Waals surface area contributed by atoms with Crippen LogP contribution in [0.5, 0.6) is 5.75 Å². The summed E-state index contributed by atoms with van der Waals surface area (Å²) in [6, 6.07) is 11.5. The summed E-state index contributed by atoms with van der Waals surface area (Å²) in [6.07, 6.45) is -0.550. The summed E-state index contributed by atoms with van der Waals surface area (Å²) < 4.78 is 5.17. The van der Waals surface area contributed by atoms with Gasteiger partial charge in [-0.15, -0.1) is 0 Å². The number of hydrogen-bond donors (Lipinski definition) is 2. The number of benzene rings is 2. The number of nitrogens with two attached hydrogens (primary N) is 1. The molecule has 0 bridgehead atoms. The first-order valence-electron chi connectivity index (χ1n) is 5.63. The molecular formula is C14H17NO2. The van der Waals surface area contributed by atoms with Crippen molar-refractivity contribution in [2.24, 2.45) is 5.73 Å². The Bertz CT molecular complexity index is 523. The van der Waals surface area contributed by atoms with Crippen LogP contribution in [0.3, 0.4) is 0 Å². The largest absolute Gasteiger partial charge is 0.497 e. The maximum atomic E-state index is 9.48. The fourth-order valence-corrected chi connectivity index (χ4v) is 1.86. The topological polar surface area (TPSA) is 55.5 Å². The van der Waals surface area contributed by atoms with Gasteiger partial charge in [0.15, 0.2) is 0 Å². The third kappa shape index (κ3) is 2.40. The average molecular weight is 231 g/mol. The SMILES string of the molecule is COc1ccc2cc([C@@H](N)[C@H](C)O)ccc2c1. The first-order valence-corrected chi connectivity index (χ1v) is 5.63. The van der Waals surface area contributed by atoms with Gasteiger partial charge in [-0.25, -0.2) is 0 Å². The lowest BCUT2D eigenvalue weighted by Crippen LogP contribution is -2.22. The third-order valence-electron chi connectivity index (χ3n) is 2.98. The van der Waals surface area contributed by atoms with E-state index in [1.54, 1.807) is 14.0 Å². The number of ether oxygens (including phenoxy) is 1. The van der Waals surface area contributed by atoms with E-state index in [1.807, 2.05) is 36.4 Å². The molecule has 0 heterocycles. The lowest BCUT2D eigenvalue weighted by Gasteiger charge is -2.15. The molecule has 17 heavy (non-hydrogen) atoms. The van der Waals surface area contributed by atoms with Crippen LogP contribution in [-0.4, -0.2) is 18.3 Å². The van der Waals surface area contributed by atoms with Gasteiger partial charge in [0.1, 0.15) is 5.75 Å². The summed E-state index contributed by atoms with van der Waals surface area (Å²) in [6.45, 7) is 1.70. The molecule has 0 saturated heterocycles. The molecule has 2 atom stereocenters. The number of hydrogen-bond acceptors (Lipinski definition) is 3. The van der Waals surface area contributed by atoms with Crippen molar-refractivity contribution in [2.45, 2.75) is 19.1 Å². The van der Waals surface area contributed by atoms with E-state index in [0.717, 1.165) is 22.1 Å². The van der Waals surface area contributed by atoms with Crippen LogP contribution in [0, 0.1) is 0 Å². The highest BCUT2D eigenvalue weighted by Crippen LogP contribution is 2.24. The highest BCUT2D eigenvalue weighted by molar-refractivity contribution is 5.84. The second-order valence-corrected chi connectivity index (χ2v) is 4.24. The van der Waals surface area contributed by atoms with Gasteiger partial charge in [0.2, 0.25) is 0 Å². The molecule has 0 saturated carbocycles. The van der Waals surface area contributed by atoms with E-state index in [1.165, 1.54) is 0 Å². The molecule has 0 aliphatic rings. The molecule has 3 heteroatoms. The normalized spacial score (nSPS) is 14.6. The van der Waals surface area contributed by atoms with Crippen LogP contribution >= 0.6 is 0 Å². The van der Waals surface area contributed by atoms with Crippen molar-refractivity contribution in [2.75, 3.05) is 7.11 Å². The molecule has 90 valence electrons. The molecule has 0 aliphatic carbocycles. The van der Waals surface area contributed by atoms with Gasteiger partial charge in [-0.05, 0) is 41.5 Å². The fourth-order valence-electron chi connectivity index (χ4n) is 1.86. The van der Waals surface area contributed by atoms with Crippen molar-refractivity contribution in [3.05, 3.63) is 42.0 Å². The van der Waals surface area contributed by atoms with E-state index < -0.39 is 6.10 Å². The summed E-state index contributed by atoms with van der Waals surface area (Å²) in [5, 5.41) is 11.7. The highest BCUT2D eigenvalue weighted by Gasteiger charge is 2.12. The summed E-state index contributed by atoms with van der Waals surface area (Å²) in [7, 11) is 1.65. The molecule has 3 nitrogen and oxygen atoms in total. The van der Waals surface area contributed by atoms with Crippen LogP contribution in [0.1, 0.15) is 18.5 Å². The molecule has 2 aromatic carbocycles. The Morgan fingerprint density at radius 3 is 2.41 bits per heavy atom. The Morgan fingerprint density at radius 1 is 1.12 bits per heavy atom. The van der Waals surface area contributed by atoms with Gasteiger partial charge in [-0.3, -0.25) is 0 Å². The zero-order valence-corrected chi connectivity index (χ0v) is 10.1. The number of aliphatic hydroxyl groups excluding tert-OH is 1. The van der Waals surface area contributed by atoms with Gasteiger partial charge >= 0.3 is 0 Å². The Labute approximate surface area is 101 Å². The molecule has 0 amide bonds. The minimum absolute atomic E-state index is 0.346. The van der Waals surface area contributed by atoms with Crippen molar-refractivity contribution >= 4 is 10.8 Å². The number of fused-ring (bicyclic) bond motifs is 1. The van der Waals surface area contributed by atoms with Gasteiger partial charge in [-0.2, -0.15) is 0 Å². The second-order valence-electron chi connectivity index (χ2n) is 4.24. The molecule has 0 aliphatic heterocycles. The Balaban J connectivity index is 2.44. The maximum Gasteiger partial charge on any atom is 0.119 e. The molecule has 0 spiro atoms. The van der Waals surface area contributed by atoms with E-state index in [-0.39, 0.29) is 6.04 Å². The fraction of sp³-hybridized carbons (Fsp3) is 0.286. The van der Waals surface area contributed by atoms with Gasteiger partial charge in [0.05, 0.1) is 19.3 Å².